The Kier molecular flexibility index (Phi) is 3.79. The molecule has 1 unspecified atom stereocenters. The second-order valence-corrected chi connectivity index (χ2v) is 4.72. The molecule has 0 spiro atoms. The zero-order chi connectivity index (χ0) is 12.3. The number of benzene rings is 1. The van der Waals surface area contributed by atoms with E-state index in [1.165, 1.54) is 16.0 Å². The van der Waals surface area contributed by atoms with Crippen molar-refractivity contribution in [3.05, 3.63) is 35.4 Å². The maximum Gasteiger partial charge on any atom is 0.278 e. The molecule has 1 amide bonds. The third kappa shape index (κ3) is 2.67. The van der Waals surface area contributed by atoms with Crippen LogP contribution < -0.4 is 10.2 Å². The van der Waals surface area contributed by atoms with Crippen LogP contribution in [0.4, 0.5) is 0 Å². The molecular formula is C14H21N2O+. The molecule has 0 saturated carbocycles. The van der Waals surface area contributed by atoms with E-state index in [0.717, 1.165) is 19.5 Å². The van der Waals surface area contributed by atoms with Gasteiger partial charge in [0.25, 0.3) is 5.91 Å². The van der Waals surface area contributed by atoms with Crippen molar-refractivity contribution in [1.82, 2.24) is 5.32 Å². The van der Waals surface area contributed by atoms with Crippen molar-refractivity contribution in [3.63, 3.8) is 0 Å². The number of carbonyl (C=O) groups is 1. The summed E-state index contributed by atoms with van der Waals surface area (Å²) in [6, 6.07) is 8.60. The van der Waals surface area contributed by atoms with E-state index in [9.17, 15) is 4.79 Å². The highest BCUT2D eigenvalue weighted by molar-refractivity contribution is 5.79. The molecule has 0 bridgehead atoms. The van der Waals surface area contributed by atoms with Crippen LogP contribution in [0, 0.1) is 0 Å². The maximum absolute atomic E-state index is 11.8. The number of fused-ring (bicyclic) bond motifs is 1. The van der Waals surface area contributed by atoms with Gasteiger partial charge in [-0.2, -0.15) is 0 Å². The number of hydrogen-bond donors (Lipinski definition) is 2. The van der Waals surface area contributed by atoms with Gasteiger partial charge in [-0.3, -0.25) is 4.79 Å². The Morgan fingerprint density at radius 1 is 1.41 bits per heavy atom. The van der Waals surface area contributed by atoms with Gasteiger partial charge in [0.1, 0.15) is 6.54 Å². The van der Waals surface area contributed by atoms with Gasteiger partial charge >= 0.3 is 0 Å². The van der Waals surface area contributed by atoms with E-state index < -0.39 is 0 Å². The van der Waals surface area contributed by atoms with Gasteiger partial charge in [0.2, 0.25) is 0 Å². The summed E-state index contributed by atoms with van der Waals surface area (Å²) in [7, 11) is 0. The highest BCUT2D eigenvalue weighted by Gasteiger charge is 2.28. The Bertz CT molecular complexity index is 403. The molecule has 17 heavy (non-hydrogen) atoms. The first kappa shape index (κ1) is 12.1. The molecule has 0 radical (unpaired) electrons. The molecule has 1 heterocycles. The Morgan fingerprint density at radius 3 is 2.82 bits per heavy atom. The molecule has 3 nitrogen and oxygen atoms in total. The Morgan fingerprint density at radius 2 is 2.12 bits per heavy atom. The highest BCUT2D eigenvalue weighted by Crippen LogP contribution is 2.10. The number of likely N-dealkylation sites (N-methyl/N-ethyl adjacent to an activating group) is 1. The van der Waals surface area contributed by atoms with Crippen molar-refractivity contribution in [1.29, 1.82) is 0 Å². The van der Waals surface area contributed by atoms with Gasteiger partial charge < -0.3 is 10.2 Å². The fourth-order valence-electron chi connectivity index (χ4n) is 2.48. The molecule has 2 N–H and O–H groups in total. The molecule has 0 saturated heterocycles. The number of carbonyl (C=O) groups excluding carboxylic acids is 1. The van der Waals surface area contributed by atoms with Gasteiger partial charge in [-0.05, 0) is 19.4 Å². The standard InChI is InChI=1S/C14H20N2O/c1-3-15-14(17)11(2)16-9-8-12-6-4-5-7-13(12)10-16/h4-7,11H,3,8-10H2,1-2H3,(H,15,17)/p+1/t11-/m1/s1. The van der Waals surface area contributed by atoms with Crippen LogP contribution in [0.3, 0.4) is 0 Å². The molecule has 0 aromatic heterocycles. The SMILES string of the molecule is CCNC(=O)[C@@H](C)[NH+]1CCc2ccccc2C1. The van der Waals surface area contributed by atoms with Gasteiger partial charge in [0.05, 0.1) is 6.54 Å². The third-order valence-electron chi connectivity index (χ3n) is 3.61. The lowest BCUT2D eigenvalue weighted by molar-refractivity contribution is -0.929. The summed E-state index contributed by atoms with van der Waals surface area (Å²) in [5.41, 5.74) is 2.84. The zero-order valence-corrected chi connectivity index (χ0v) is 10.6. The lowest BCUT2D eigenvalue weighted by Gasteiger charge is -2.29. The normalized spacial score (nSPS) is 20.5. The summed E-state index contributed by atoms with van der Waals surface area (Å²) in [6.45, 7) is 6.72. The molecule has 2 rings (SSSR count). The van der Waals surface area contributed by atoms with Crippen molar-refractivity contribution < 1.29 is 9.69 Å². The van der Waals surface area contributed by atoms with Crippen LogP contribution in [-0.2, 0) is 17.8 Å². The monoisotopic (exact) mass is 233 g/mol. The molecule has 92 valence electrons. The first-order valence-electron chi connectivity index (χ1n) is 6.41. The van der Waals surface area contributed by atoms with E-state index in [1.54, 1.807) is 0 Å². The quantitative estimate of drug-likeness (QED) is 0.766. The molecule has 0 aliphatic carbocycles. The number of amides is 1. The summed E-state index contributed by atoms with van der Waals surface area (Å²) < 4.78 is 0. The van der Waals surface area contributed by atoms with E-state index in [1.807, 2.05) is 13.8 Å². The van der Waals surface area contributed by atoms with Crippen LogP contribution >= 0.6 is 0 Å². The Labute approximate surface area is 103 Å². The minimum atomic E-state index is 0.0447. The van der Waals surface area contributed by atoms with Crippen LogP contribution in [0.15, 0.2) is 24.3 Å². The summed E-state index contributed by atoms with van der Waals surface area (Å²) in [5, 5.41) is 2.91. The number of hydrogen-bond acceptors (Lipinski definition) is 1. The highest BCUT2D eigenvalue weighted by atomic mass is 16.2. The molecule has 1 aromatic rings. The predicted molar refractivity (Wildman–Crippen MR) is 67.8 cm³/mol. The molecule has 1 aromatic carbocycles. The second-order valence-electron chi connectivity index (χ2n) is 4.72. The number of quaternary nitrogens is 1. The molecule has 3 heteroatoms. The summed E-state index contributed by atoms with van der Waals surface area (Å²) in [4.78, 5) is 13.2. The smallest absolute Gasteiger partial charge is 0.278 e. The molecule has 2 atom stereocenters. The van der Waals surface area contributed by atoms with Crippen LogP contribution in [0.2, 0.25) is 0 Å². The van der Waals surface area contributed by atoms with Crippen LogP contribution in [-0.4, -0.2) is 25.0 Å². The number of nitrogens with one attached hydrogen (secondary N) is 2. The first-order valence-corrected chi connectivity index (χ1v) is 6.41. The zero-order valence-electron chi connectivity index (χ0n) is 10.6. The Hall–Kier alpha value is -1.35. The average Bonchev–Trinajstić information content (AvgIpc) is 2.37. The maximum atomic E-state index is 11.8. The van der Waals surface area contributed by atoms with Gasteiger partial charge in [0, 0.05) is 18.5 Å². The fourth-order valence-corrected chi connectivity index (χ4v) is 2.48. The summed E-state index contributed by atoms with van der Waals surface area (Å²) >= 11 is 0. The van der Waals surface area contributed by atoms with Crippen molar-refractivity contribution in [3.8, 4) is 0 Å². The summed E-state index contributed by atoms with van der Waals surface area (Å²) in [6.07, 6.45) is 1.08. The number of rotatable bonds is 3. The Balaban J connectivity index is 2.04. The van der Waals surface area contributed by atoms with E-state index in [4.69, 9.17) is 0 Å². The van der Waals surface area contributed by atoms with Crippen molar-refractivity contribution in [2.75, 3.05) is 13.1 Å². The lowest BCUT2D eigenvalue weighted by atomic mass is 9.99. The van der Waals surface area contributed by atoms with Gasteiger partial charge in [-0.25, -0.2) is 0 Å². The van der Waals surface area contributed by atoms with E-state index in [0.29, 0.717) is 6.54 Å². The minimum Gasteiger partial charge on any atom is -0.351 e. The summed E-state index contributed by atoms with van der Waals surface area (Å²) in [5.74, 6) is 0.168. The van der Waals surface area contributed by atoms with Crippen LogP contribution in [0.25, 0.3) is 0 Å². The van der Waals surface area contributed by atoms with Gasteiger partial charge in [-0.1, -0.05) is 24.3 Å². The molecular weight excluding hydrogens is 212 g/mol. The van der Waals surface area contributed by atoms with Crippen molar-refractivity contribution in [2.45, 2.75) is 32.9 Å². The molecule has 1 aliphatic heterocycles. The van der Waals surface area contributed by atoms with E-state index >= 15 is 0 Å². The fraction of sp³-hybridized carbons (Fsp3) is 0.500. The third-order valence-corrected chi connectivity index (χ3v) is 3.61. The van der Waals surface area contributed by atoms with Gasteiger partial charge in [0.15, 0.2) is 6.04 Å². The van der Waals surface area contributed by atoms with E-state index in [-0.39, 0.29) is 11.9 Å². The first-order chi connectivity index (χ1) is 8.22. The van der Waals surface area contributed by atoms with E-state index in [2.05, 4.69) is 29.6 Å². The topological polar surface area (TPSA) is 33.5 Å². The van der Waals surface area contributed by atoms with Crippen molar-refractivity contribution >= 4 is 5.91 Å². The van der Waals surface area contributed by atoms with Crippen LogP contribution in [0.5, 0.6) is 0 Å². The van der Waals surface area contributed by atoms with Gasteiger partial charge in [-0.15, -0.1) is 0 Å². The minimum absolute atomic E-state index is 0.0447. The predicted octanol–water partition coefficient (Wildman–Crippen LogP) is 0.152. The largest absolute Gasteiger partial charge is 0.351 e. The van der Waals surface area contributed by atoms with Crippen molar-refractivity contribution in [2.24, 2.45) is 0 Å². The average molecular weight is 233 g/mol. The van der Waals surface area contributed by atoms with Crippen LogP contribution in [0.1, 0.15) is 25.0 Å². The second kappa shape index (κ2) is 5.32. The lowest BCUT2D eigenvalue weighted by Crippen LogP contribution is -3.16. The molecule has 1 aliphatic rings. The molecule has 0 fully saturated rings.